The third kappa shape index (κ3) is 4.54. The lowest BCUT2D eigenvalue weighted by Crippen LogP contribution is -2.44. The first-order chi connectivity index (χ1) is 8.17. The van der Waals surface area contributed by atoms with E-state index >= 15 is 0 Å². The third-order valence-corrected chi connectivity index (χ3v) is 2.56. The number of benzene rings is 1. The summed E-state index contributed by atoms with van der Waals surface area (Å²) in [6.45, 7) is 2.16. The fourth-order valence-corrected chi connectivity index (χ4v) is 1.66. The van der Waals surface area contributed by atoms with Gasteiger partial charge in [-0.25, -0.2) is 0 Å². The van der Waals surface area contributed by atoms with E-state index in [9.17, 15) is 4.79 Å². The molecule has 0 saturated carbocycles. The maximum atomic E-state index is 11.7. The van der Waals surface area contributed by atoms with Crippen LogP contribution in [0.4, 0.5) is 0 Å². The van der Waals surface area contributed by atoms with Gasteiger partial charge in [0.1, 0.15) is 6.10 Å². The molecule has 0 aromatic heterocycles. The van der Waals surface area contributed by atoms with Crippen molar-refractivity contribution in [2.75, 3.05) is 13.7 Å². The van der Waals surface area contributed by atoms with Gasteiger partial charge in [-0.1, -0.05) is 30.3 Å². The zero-order valence-electron chi connectivity index (χ0n) is 10.3. The first-order valence-corrected chi connectivity index (χ1v) is 5.74. The molecule has 3 N–H and O–H groups in total. The van der Waals surface area contributed by atoms with E-state index in [0.29, 0.717) is 0 Å². The molecule has 0 aliphatic heterocycles. The van der Waals surface area contributed by atoms with Crippen molar-refractivity contribution in [3.05, 3.63) is 35.9 Å². The summed E-state index contributed by atoms with van der Waals surface area (Å²) < 4.78 is 4.98. The summed E-state index contributed by atoms with van der Waals surface area (Å²) in [5, 5.41) is 2.89. The van der Waals surface area contributed by atoms with E-state index in [1.807, 2.05) is 37.3 Å². The molecule has 1 aromatic carbocycles. The molecule has 1 aromatic rings. The number of hydrogen-bond donors (Lipinski definition) is 2. The van der Waals surface area contributed by atoms with Crippen LogP contribution in [-0.2, 0) is 16.0 Å². The monoisotopic (exact) mass is 236 g/mol. The second-order valence-electron chi connectivity index (χ2n) is 4.06. The molecule has 0 spiro atoms. The van der Waals surface area contributed by atoms with E-state index in [4.69, 9.17) is 10.5 Å². The minimum Gasteiger partial charge on any atom is -0.370 e. The van der Waals surface area contributed by atoms with Crippen LogP contribution in [0.2, 0.25) is 0 Å². The van der Waals surface area contributed by atoms with Crippen molar-refractivity contribution in [1.29, 1.82) is 0 Å². The molecule has 1 amide bonds. The second kappa shape index (κ2) is 7.04. The number of nitrogens with one attached hydrogen (secondary N) is 1. The van der Waals surface area contributed by atoms with Gasteiger partial charge in [0, 0.05) is 19.7 Å². The SMILES string of the molecule is COC(CN)C(=O)NC(C)Cc1ccccc1. The van der Waals surface area contributed by atoms with Gasteiger partial charge in [0.15, 0.2) is 0 Å². The van der Waals surface area contributed by atoms with E-state index in [0.717, 1.165) is 6.42 Å². The molecule has 2 atom stereocenters. The van der Waals surface area contributed by atoms with Crippen molar-refractivity contribution in [1.82, 2.24) is 5.32 Å². The summed E-state index contributed by atoms with van der Waals surface area (Å²) >= 11 is 0. The van der Waals surface area contributed by atoms with Crippen LogP contribution in [0.5, 0.6) is 0 Å². The number of nitrogens with two attached hydrogens (primary N) is 1. The van der Waals surface area contributed by atoms with Gasteiger partial charge in [0.05, 0.1) is 0 Å². The second-order valence-corrected chi connectivity index (χ2v) is 4.06. The smallest absolute Gasteiger partial charge is 0.250 e. The fraction of sp³-hybridized carbons (Fsp3) is 0.462. The molecular formula is C13H20N2O2. The van der Waals surface area contributed by atoms with E-state index in [2.05, 4.69) is 5.32 Å². The lowest BCUT2D eigenvalue weighted by Gasteiger charge is -2.18. The number of carbonyl (C=O) groups is 1. The van der Waals surface area contributed by atoms with Crippen LogP contribution in [0, 0.1) is 0 Å². The summed E-state index contributed by atoms with van der Waals surface area (Å²) in [5.41, 5.74) is 6.62. The molecule has 94 valence electrons. The fourth-order valence-electron chi connectivity index (χ4n) is 1.66. The summed E-state index contributed by atoms with van der Waals surface area (Å²) in [7, 11) is 1.49. The Hall–Kier alpha value is -1.39. The molecule has 2 unspecified atom stereocenters. The normalized spacial score (nSPS) is 14.1. The molecule has 0 radical (unpaired) electrons. The quantitative estimate of drug-likeness (QED) is 0.764. The Morgan fingerprint density at radius 1 is 1.41 bits per heavy atom. The molecule has 1 rings (SSSR count). The van der Waals surface area contributed by atoms with Crippen molar-refractivity contribution in [3.8, 4) is 0 Å². The van der Waals surface area contributed by atoms with Gasteiger partial charge < -0.3 is 15.8 Å². The molecule has 17 heavy (non-hydrogen) atoms. The van der Waals surface area contributed by atoms with E-state index in [-0.39, 0.29) is 18.5 Å². The average Bonchev–Trinajstić information content (AvgIpc) is 2.31. The Bertz CT molecular complexity index is 337. The number of methoxy groups -OCH3 is 1. The van der Waals surface area contributed by atoms with Crippen LogP contribution in [0.15, 0.2) is 30.3 Å². The molecular weight excluding hydrogens is 216 g/mol. The number of amides is 1. The molecule has 0 fully saturated rings. The van der Waals surface area contributed by atoms with Gasteiger partial charge in [0.25, 0.3) is 5.91 Å². The lowest BCUT2D eigenvalue weighted by atomic mass is 10.1. The summed E-state index contributed by atoms with van der Waals surface area (Å²) in [6, 6.07) is 10.1. The van der Waals surface area contributed by atoms with Crippen molar-refractivity contribution < 1.29 is 9.53 Å². The molecule has 0 aliphatic rings. The van der Waals surface area contributed by atoms with Crippen LogP contribution in [0.25, 0.3) is 0 Å². The number of hydrogen-bond acceptors (Lipinski definition) is 3. The van der Waals surface area contributed by atoms with Crippen molar-refractivity contribution in [2.24, 2.45) is 5.73 Å². The Labute approximate surface area is 102 Å². The highest BCUT2D eigenvalue weighted by Gasteiger charge is 2.17. The highest BCUT2D eigenvalue weighted by atomic mass is 16.5. The molecule has 0 saturated heterocycles. The van der Waals surface area contributed by atoms with Crippen LogP contribution in [0.1, 0.15) is 12.5 Å². The van der Waals surface area contributed by atoms with Crippen molar-refractivity contribution in [3.63, 3.8) is 0 Å². The molecule has 4 heteroatoms. The van der Waals surface area contributed by atoms with Crippen molar-refractivity contribution >= 4 is 5.91 Å². The van der Waals surface area contributed by atoms with Crippen LogP contribution >= 0.6 is 0 Å². The molecule has 0 bridgehead atoms. The minimum atomic E-state index is -0.562. The maximum Gasteiger partial charge on any atom is 0.250 e. The van der Waals surface area contributed by atoms with Gasteiger partial charge in [-0.15, -0.1) is 0 Å². The van der Waals surface area contributed by atoms with Gasteiger partial charge in [-0.05, 0) is 18.9 Å². The summed E-state index contributed by atoms with van der Waals surface area (Å²) in [4.78, 5) is 11.7. The first kappa shape index (κ1) is 13.7. The number of ether oxygens (including phenoxy) is 1. The Balaban J connectivity index is 2.44. The zero-order valence-corrected chi connectivity index (χ0v) is 10.3. The average molecular weight is 236 g/mol. The zero-order chi connectivity index (χ0) is 12.7. The van der Waals surface area contributed by atoms with Crippen LogP contribution < -0.4 is 11.1 Å². The van der Waals surface area contributed by atoms with Gasteiger partial charge in [-0.3, -0.25) is 4.79 Å². The van der Waals surface area contributed by atoms with E-state index in [1.165, 1.54) is 12.7 Å². The van der Waals surface area contributed by atoms with E-state index < -0.39 is 6.10 Å². The predicted molar refractivity (Wildman–Crippen MR) is 67.6 cm³/mol. The van der Waals surface area contributed by atoms with Gasteiger partial charge in [-0.2, -0.15) is 0 Å². The van der Waals surface area contributed by atoms with Crippen LogP contribution in [-0.4, -0.2) is 31.7 Å². The largest absolute Gasteiger partial charge is 0.370 e. The Morgan fingerprint density at radius 2 is 2.06 bits per heavy atom. The van der Waals surface area contributed by atoms with Crippen LogP contribution in [0.3, 0.4) is 0 Å². The molecule has 4 nitrogen and oxygen atoms in total. The molecule has 0 aliphatic carbocycles. The predicted octanol–water partition coefficient (Wildman–Crippen LogP) is 0.708. The van der Waals surface area contributed by atoms with E-state index in [1.54, 1.807) is 0 Å². The first-order valence-electron chi connectivity index (χ1n) is 5.74. The summed E-state index contributed by atoms with van der Waals surface area (Å²) in [6.07, 6.45) is 0.237. The number of carbonyl (C=O) groups excluding carboxylic acids is 1. The Morgan fingerprint density at radius 3 is 2.59 bits per heavy atom. The standard InChI is InChI=1S/C13H20N2O2/c1-10(8-11-6-4-3-5-7-11)15-13(16)12(9-14)17-2/h3-7,10,12H,8-9,14H2,1-2H3,(H,15,16). The minimum absolute atomic E-state index is 0.0640. The maximum absolute atomic E-state index is 11.7. The lowest BCUT2D eigenvalue weighted by molar-refractivity contribution is -0.131. The Kier molecular flexibility index (Phi) is 5.66. The van der Waals surface area contributed by atoms with Gasteiger partial charge in [0.2, 0.25) is 0 Å². The highest BCUT2D eigenvalue weighted by Crippen LogP contribution is 2.03. The van der Waals surface area contributed by atoms with Gasteiger partial charge >= 0.3 is 0 Å². The third-order valence-electron chi connectivity index (χ3n) is 2.56. The number of rotatable bonds is 6. The van der Waals surface area contributed by atoms with Crippen molar-refractivity contribution in [2.45, 2.75) is 25.5 Å². The topological polar surface area (TPSA) is 64.3 Å². The molecule has 0 heterocycles. The summed E-state index contributed by atoms with van der Waals surface area (Å²) in [5.74, 6) is -0.154. The highest BCUT2D eigenvalue weighted by molar-refractivity contribution is 5.81.